The molecule has 7 heteroatoms. The summed E-state index contributed by atoms with van der Waals surface area (Å²) in [6.07, 6.45) is 0.866. The smallest absolute Gasteiger partial charge is 0.274 e. The predicted octanol–water partition coefficient (Wildman–Crippen LogP) is 0.949. The molecule has 1 amide bonds. The van der Waals surface area contributed by atoms with Crippen LogP contribution in [-0.4, -0.2) is 19.2 Å². The highest BCUT2D eigenvalue weighted by atomic mass is 16.7. The van der Waals surface area contributed by atoms with Gasteiger partial charge in [0, 0.05) is 17.7 Å². The van der Waals surface area contributed by atoms with Gasteiger partial charge in [0.05, 0.1) is 11.3 Å². The van der Waals surface area contributed by atoms with Crippen molar-refractivity contribution in [3.05, 3.63) is 47.7 Å². The highest BCUT2D eigenvalue weighted by molar-refractivity contribution is 6.02. The van der Waals surface area contributed by atoms with Gasteiger partial charge in [0.25, 0.3) is 5.91 Å². The summed E-state index contributed by atoms with van der Waals surface area (Å²) in [5, 5.41) is 2.85. The number of hydrogen-bond donors (Lipinski definition) is 4. The van der Waals surface area contributed by atoms with Crippen LogP contribution in [0.25, 0.3) is 16.8 Å². The van der Waals surface area contributed by atoms with Crippen LogP contribution < -0.4 is 31.4 Å². The lowest BCUT2D eigenvalue weighted by Gasteiger charge is -2.21. The van der Waals surface area contributed by atoms with Crippen LogP contribution in [0.3, 0.4) is 0 Å². The minimum Gasteiger partial charge on any atom is -0.454 e. The Morgan fingerprint density at radius 2 is 1.96 bits per heavy atom. The van der Waals surface area contributed by atoms with Gasteiger partial charge >= 0.3 is 0 Å². The molecule has 0 atom stereocenters. The second-order valence-electron chi connectivity index (χ2n) is 6.14. The van der Waals surface area contributed by atoms with Crippen molar-refractivity contribution < 1.29 is 19.7 Å². The van der Waals surface area contributed by atoms with Crippen LogP contribution in [0, 0.1) is 0 Å². The van der Waals surface area contributed by atoms with E-state index in [1.165, 1.54) is 0 Å². The van der Waals surface area contributed by atoms with Gasteiger partial charge in [-0.2, -0.15) is 0 Å². The number of fused-ring (bicyclic) bond motifs is 2. The van der Waals surface area contributed by atoms with Crippen LogP contribution in [0.15, 0.2) is 42.1 Å². The van der Waals surface area contributed by atoms with Gasteiger partial charge in [-0.15, -0.1) is 0 Å². The molecule has 2 aromatic rings. The van der Waals surface area contributed by atoms with Gasteiger partial charge in [-0.1, -0.05) is 25.1 Å². The van der Waals surface area contributed by atoms with Crippen molar-refractivity contribution in [1.29, 1.82) is 0 Å². The number of nitrogens with one attached hydrogen (secondary N) is 2. The average molecular weight is 353 g/mol. The Morgan fingerprint density at radius 3 is 2.81 bits per heavy atom. The lowest BCUT2D eigenvalue weighted by Crippen LogP contribution is -2.89. The van der Waals surface area contributed by atoms with Crippen LogP contribution in [0.1, 0.15) is 18.9 Å². The number of quaternary nitrogens is 1. The zero-order valence-corrected chi connectivity index (χ0v) is 14.5. The van der Waals surface area contributed by atoms with Crippen molar-refractivity contribution in [2.75, 3.05) is 13.3 Å². The third kappa shape index (κ3) is 2.62. The monoisotopic (exact) mass is 353 g/mol. The van der Waals surface area contributed by atoms with Gasteiger partial charge in [0.15, 0.2) is 22.9 Å². The Kier molecular flexibility index (Phi) is 4.14. The van der Waals surface area contributed by atoms with Crippen molar-refractivity contribution in [3.8, 4) is 22.6 Å². The van der Waals surface area contributed by atoms with Crippen LogP contribution >= 0.6 is 0 Å². The number of benzene rings is 2. The maximum Gasteiger partial charge on any atom is 0.274 e. The second-order valence-corrected chi connectivity index (χ2v) is 6.14. The van der Waals surface area contributed by atoms with E-state index in [2.05, 4.69) is 10.7 Å². The van der Waals surface area contributed by atoms with Gasteiger partial charge in [-0.25, -0.2) is 10.9 Å². The summed E-state index contributed by atoms with van der Waals surface area (Å²) in [6.45, 7) is 2.83. The zero-order valence-electron chi connectivity index (χ0n) is 14.5. The number of para-hydroxylation sites is 2. The van der Waals surface area contributed by atoms with Crippen molar-refractivity contribution in [2.45, 2.75) is 13.3 Å². The van der Waals surface area contributed by atoms with E-state index < -0.39 is 0 Å². The number of amides is 1. The Bertz CT molecular complexity index is 908. The fourth-order valence-electron chi connectivity index (χ4n) is 3.20. The lowest BCUT2D eigenvalue weighted by molar-refractivity contribution is -0.625. The predicted molar refractivity (Wildman–Crippen MR) is 97.1 cm³/mol. The number of hydrogen-bond acceptors (Lipinski definition) is 5. The Labute approximate surface area is 151 Å². The molecule has 2 aliphatic heterocycles. The molecule has 26 heavy (non-hydrogen) atoms. The molecule has 2 aromatic carbocycles. The minimum absolute atomic E-state index is 0.200. The van der Waals surface area contributed by atoms with Gasteiger partial charge in [0.1, 0.15) is 0 Å². The molecule has 2 aliphatic rings. The highest BCUT2D eigenvalue weighted by Crippen LogP contribution is 2.43. The topological polar surface area (TPSA) is 102 Å². The average Bonchev–Trinajstić information content (AvgIpc) is 3.15. The van der Waals surface area contributed by atoms with Crippen LogP contribution in [-0.2, 0) is 4.79 Å². The molecule has 134 valence electrons. The van der Waals surface area contributed by atoms with Crippen molar-refractivity contribution in [2.24, 2.45) is 5.73 Å². The van der Waals surface area contributed by atoms with Crippen molar-refractivity contribution in [1.82, 2.24) is 10.7 Å². The molecule has 0 radical (unpaired) electrons. The van der Waals surface area contributed by atoms with E-state index in [0.717, 1.165) is 40.3 Å². The first-order chi connectivity index (χ1) is 12.7. The molecular weight excluding hydrogens is 332 g/mol. The normalized spacial score (nSPS) is 14.7. The molecule has 6 N–H and O–H groups in total. The zero-order chi connectivity index (χ0) is 18.1. The fourth-order valence-corrected chi connectivity index (χ4v) is 3.20. The summed E-state index contributed by atoms with van der Waals surface area (Å²) >= 11 is 0. The first kappa shape index (κ1) is 16.3. The van der Waals surface area contributed by atoms with E-state index in [0.29, 0.717) is 17.9 Å². The van der Waals surface area contributed by atoms with E-state index >= 15 is 0 Å². The summed E-state index contributed by atoms with van der Waals surface area (Å²) in [6, 6.07) is 11.6. The van der Waals surface area contributed by atoms with Crippen LogP contribution in [0.2, 0.25) is 0 Å². The van der Waals surface area contributed by atoms with E-state index in [4.69, 9.17) is 15.2 Å². The van der Waals surface area contributed by atoms with E-state index in [-0.39, 0.29) is 12.7 Å². The van der Waals surface area contributed by atoms with Gasteiger partial charge in [-0.05, 0) is 24.6 Å². The van der Waals surface area contributed by atoms with Crippen LogP contribution in [0.4, 0.5) is 5.69 Å². The standard InChI is InChI=1S/C19H20N4O3/c1-2-9-21-19(24)17-15(20)13-7-3-5-11(16(13)22-23-17)12-6-4-8-14-18(12)26-10-25-14/h3-8,22-23H,2,9-10,20H2,1H3,(H,21,24)/p+1. The first-order valence-corrected chi connectivity index (χ1v) is 8.60. The van der Waals surface area contributed by atoms with Gasteiger partial charge < -0.3 is 20.5 Å². The molecule has 0 fully saturated rings. The molecule has 0 saturated heterocycles. The maximum atomic E-state index is 12.3. The maximum absolute atomic E-state index is 12.3. The second kappa shape index (κ2) is 6.61. The quantitative estimate of drug-likeness (QED) is 0.484. The number of carbonyl (C=O) groups is 1. The summed E-state index contributed by atoms with van der Waals surface area (Å²) < 4.78 is 11.1. The number of carbonyl (C=O) groups excluding carboxylic acids is 1. The first-order valence-electron chi connectivity index (χ1n) is 8.60. The molecule has 2 heterocycles. The van der Waals surface area contributed by atoms with Crippen molar-refractivity contribution >= 4 is 17.3 Å². The Morgan fingerprint density at radius 1 is 1.19 bits per heavy atom. The molecule has 0 spiro atoms. The molecule has 7 nitrogen and oxygen atoms in total. The highest BCUT2D eigenvalue weighted by Gasteiger charge is 2.29. The summed E-state index contributed by atoms with van der Waals surface area (Å²) in [5.41, 5.74) is 15.6. The summed E-state index contributed by atoms with van der Waals surface area (Å²) in [7, 11) is 0. The number of ether oxygens (including phenoxy) is 2. The van der Waals surface area contributed by atoms with Crippen molar-refractivity contribution in [3.63, 3.8) is 0 Å². The van der Waals surface area contributed by atoms with Gasteiger partial charge in [-0.3, -0.25) is 4.79 Å². The summed E-state index contributed by atoms with van der Waals surface area (Å²) in [5.74, 6) is 1.25. The molecule has 4 rings (SSSR count). The fraction of sp³-hybridized carbons (Fsp3) is 0.211. The third-order valence-electron chi connectivity index (χ3n) is 4.48. The molecule has 0 bridgehead atoms. The van der Waals surface area contributed by atoms with E-state index in [1.54, 1.807) is 0 Å². The third-order valence-corrected chi connectivity index (χ3v) is 4.48. The molecule has 0 aliphatic carbocycles. The Hall–Kier alpha value is -3.19. The van der Waals surface area contributed by atoms with Gasteiger partial charge in [0.2, 0.25) is 6.79 Å². The number of nitrogens with two attached hydrogens (primary N) is 2. The Balaban J connectivity index is 1.78. The van der Waals surface area contributed by atoms with E-state index in [9.17, 15) is 4.79 Å². The van der Waals surface area contributed by atoms with Crippen LogP contribution in [0.5, 0.6) is 11.5 Å². The lowest BCUT2D eigenvalue weighted by atomic mass is 9.96. The summed E-state index contributed by atoms with van der Waals surface area (Å²) in [4.78, 5) is 12.3. The molecular formula is C19H21N4O3+. The molecule has 0 unspecified atom stereocenters. The number of rotatable bonds is 4. The molecule has 0 aromatic heterocycles. The van der Waals surface area contributed by atoms with E-state index in [1.807, 2.05) is 48.7 Å². The SMILES string of the molecule is CCCNC(=O)C1=C(N)c2cccc(-c3cccc4c3OCO4)c2[NH2+]N1. The molecule has 0 saturated carbocycles. The minimum atomic E-state index is -0.200. The largest absolute Gasteiger partial charge is 0.454 e.